The Labute approximate surface area is 195 Å². The molecular weight excluding hydrogens is 455 g/mol. The summed E-state index contributed by atoms with van der Waals surface area (Å²) < 4.78 is 18.2. The van der Waals surface area contributed by atoms with Crippen molar-refractivity contribution in [1.82, 2.24) is 4.57 Å². The Hall–Kier alpha value is -3.16. The lowest BCUT2D eigenvalue weighted by Crippen LogP contribution is -2.24. The van der Waals surface area contributed by atoms with Crippen molar-refractivity contribution in [2.24, 2.45) is 0 Å². The fourth-order valence-corrected chi connectivity index (χ4v) is 3.26. The molecule has 0 spiro atoms. The van der Waals surface area contributed by atoms with Gasteiger partial charge < -0.3 is 24.1 Å². The number of halogens is 2. The number of methoxy groups -OCH3 is 1. The minimum absolute atomic E-state index is 0.101. The number of hydrogen-bond donors (Lipinski definition) is 1. The molecule has 0 aliphatic rings. The van der Waals surface area contributed by atoms with E-state index in [9.17, 15) is 9.59 Å². The molecule has 1 aromatic heterocycles. The summed E-state index contributed by atoms with van der Waals surface area (Å²) in [6.45, 7) is 2.25. The SMILES string of the molecule is COc1ccc(OCCn2ccc(=O)c(OCC(=O)Nc3cc(Cl)ccc3Cl)c2C)cc1. The number of amides is 1. The third-order valence-corrected chi connectivity index (χ3v) is 5.16. The fourth-order valence-electron chi connectivity index (χ4n) is 2.92. The maximum absolute atomic E-state index is 12.3. The Kier molecular flexibility index (Phi) is 8.03. The van der Waals surface area contributed by atoms with Crippen LogP contribution in [0.5, 0.6) is 17.2 Å². The van der Waals surface area contributed by atoms with E-state index < -0.39 is 5.91 Å². The van der Waals surface area contributed by atoms with Gasteiger partial charge in [0.15, 0.2) is 12.4 Å². The molecule has 9 heteroatoms. The van der Waals surface area contributed by atoms with Crippen LogP contribution in [0.2, 0.25) is 10.0 Å². The third-order valence-electron chi connectivity index (χ3n) is 4.60. The van der Waals surface area contributed by atoms with Gasteiger partial charge in [0.1, 0.15) is 18.1 Å². The van der Waals surface area contributed by atoms with Crippen molar-refractivity contribution in [2.45, 2.75) is 13.5 Å². The summed E-state index contributed by atoms with van der Waals surface area (Å²) in [6, 6.07) is 13.4. The highest BCUT2D eigenvalue weighted by Gasteiger charge is 2.13. The monoisotopic (exact) mass is 476 g/mol. The molecule has 1 amide bonds. The van der Waals surface area contributed by atoms with Crippen LogP contribution < -0.4 is 25.0 Å². The minimum Gasteiger partial charge on any atom is -0.497 e. The molecule has 0 unspecified atom stereocenters. The molecule has 0 radical (unpaired) electrons. The maximum Gasteiger partial charge on any atom is 0.262 e. The van der Waals surface area contributed by atoms with Crippen molar-refractivity contribution in [2.75, 3.05) is 25.6 Å². The Morgan fingerprint density at radius 3 is 2.47 bits per heavy atom. The van der Waals surface area contributed by atoms with Crippen LogP contribution in [0.4, 0.5) is 5.69 Å². The second kappa shape index (κ2) is 10.9. The maximum atomic E-state index is 12.3. The van der Waals surface area contributed by atoms with Crippen molar-refractivity contribution in [3.8, 4) is 17.2 Å². The molecule has 0 bridgehead atoms. The molecule has 3 rings (SSSR count). The highest BCUT2D eigenvalue weighted by molar-refractivity contribution is 6.35. The van der Waals surface area contributed by atoms with Crippen LogP contribution in [0.3, 0.4) is 0 Å². The van der Waals surface area contributed by atoms with Gasteiger partial charge in [-0.2, -0.15) is 0 Å². The molecule has 7 nitrogen and oxygen atoms in total. The van der Waals surface area contributed by atoms with E-state index in [2.05, 4.69) is 5.32 Å². The van der Waals surface area contributed by atoms with E-state index >= 15 is 0 Å². The van der Waals surface area contributed by atoms with Crippen LogP contribution in [0.25, 0.3) is 0 Å². The zero-order valence-electron chi connectivity index (χ0n) is 17.6. The van der Waals surface area contributed by atoms with E-state index in [1.54, 1.807) is 32.4 Å². The Morgan fingerprint density at radius 2 is 1.75 bits per heavy atom. The first-order valence-corrected chi connectivity index (χ1v) is 10.5. The topological polar surface area (TPSA) is 78.8 Å². The van der Waals surface area contributed by atoms with Gasteiger partial charge in [-0.1, -0.05) is 23.2 Å². The summed E-state index contributed by atoms with van der Waals surface area (Å²) in [4.78, 5) is 24.5. The van der Waals surface area contributed by atoms with E-state index in [0.29, 0.717) is 40.3 Å². The number of carbonyl (C=O) groups excluding carboxylic acids is 1. The van der Waals surface area contributed by atoms with Gasteiger partial charge in [-0.15, -0.1) is 0 Å². The van der Waals surface area contributed by atoms with Gasteiger partial charge in [-0.05, 0) is 49.4 Å². The van der Waals surface area contributed by atoms with E-state index in [1.165, 1.54) is 12.1 Å². The predicted molar refractivity (Wildman–Crippen MR) is 125 cm³/mol. The molecular formula is C23H22Cl2N2O5. The molecule has 0 aliphatic heterocycles. The number of carbonyl (C=O) groups is 1. The average Bonchev–Trinajstić information content (AvgIpc) is 2.78. The molecule has 32 heavy (non-hydrogen) atoms. The first-order chi connectivity index (χ1) is 15.4. The van der Waals surface area contributed by atoms with Crippen LogP contribution in [-0.4, -0.2) is 30.8 Å². The van der Waals surface area contributed by atoms with Crippen molar-refractivity contribution >= 4 is 34.8 Å². The zero-order chi connectivity index (χ0) is 23.1. The Bertz CT molecular complexity index is 1150. The number of aromatic nitrogens is 1. The largest absolute Gasteiger partial charge is 0.497 e. The molecule has 1 N–H and O–H groups in total. The van der Waals surface area contributed by atoms with E-state index in [1.807, 2.05) is 28.8 Å². The van der Waals surface area contributed by atoms with Gasteiger partial charge >= 0.3 is 0 Å². The first-order valence-electron chi connectivity index (χ1n) is 9.72. The number of benzene rings is 2. The van der Waals surface area contributed by atoms with Crippen LogP contribution in [0.15, 0.2) is 59.5 Å². The molecule has 0 atom stereocenters. The first kappa shape index (κ1) is 23.5. The standard InChI is InChI=1S/C23H22Cl2N2O5/c1-15-23(32-14-22(29)26-20-13-16(24)3-8-19(20)25)21(28)9-10-27(15)11-12-31-18-6-4-17(30-2)5-7-18/h3-10,13H,11-12,14H2,1-2H3,(H,26,29). The molecule has 0 saturated carbocycles. The summed E-state index contributed by atoms with van der Waals surface area (Å²) in [6.07, 6.45) is 1.66. The van der Waals surface area contributed by atoms with Crippen molar-refractivity contribution in [3.63, 3.8) is 0 Å². The summed E-state index contributed by atoms with van der Waals surface area (Å²) in [5.74, 6) is 1.09. The van der Waals surface area contributed by atoms with Gasteiger partial charge in [0.2, 0.25) is 5.43 Å². The third kappa shape index (κ3) is 6.18. The zero-order valence-corrected chi connectivity index (χ0v) is 19.1. The highest BCUT2D eigenvalue weighted by Crippen LogP contribution is 2.25. The predicted octanol–water partition coefficient (Wildman–Crippen LogP) is 4.57. The second-order valence-corrected chi connectivity index (χ2v) is 7.62. The molecule has 1 heterocycles. The summed E-state index contributed by atoms with van der Waals surface area (Å²) in [5.41, 5.74) is 0.637. The normalized spacial score (nSPS) is 10.5. The Morgan fingerprint density at radius 1 is 1.03 bits per heavy atom. The van der Waals surface area contributed by atoms with Crippen LogP contribution in [-0.2, 0) is 11.3 Å². The number of nitrogens with one attached hydrogen (secondary N) is 1. The van der Waals surface area contributed by atoms with E-state index in [-0.39, 0.29) is 17.8 Å². The number of pyridine rings is 1. The fraction of sp³-hybridized carbons (Fsp3) is 0.217. The lowest BCUT2D eigenvalue weighted by molar-refractivity contribution is -0.118. The second-order valence-electron chi connectivity index (χ2n) is 6.77. The van der Waals surface area contributed by atoms with Gasteiger partial charge in [-0.3, -0.25) is 9.59 Å². The highest BCUT2D eigenvalue weighted by atomic mass is 35.5. The van der Waals surface area contributed by atoms with Gasteiger partial charge in [0.25, 0.3) is 5.91 Å². The number of anilines is 1. The number of rotatable bonds is 9. The molecule has 0 aliphatic carbocycles. The van der Waals surface area contributed by atoms with Crippen molar-refractivity contribution < 1.29 is 19.0 Å². The number of ether oxygens (including phenoxy) is 3. The summed E-state index contributed by atoms with van der Waals surface area (Å²) >= 11 is 12.0. The van der Waals surface area contributed by atoms with E-state index in [4.69, 9.17) is 37.4 Å². The van der Waals surface area contributed by atoms with Crippen LogP contribution in [0.1, 0.15) is 5.69 Å². The van der Waals surface area contributed by atoms with Crippen molar-refractivity contribution in [3.05, 3.63) is 80.7 Å². The lowest BCUT2D eigenvalue weighted by atomic mass is 10.3. The summed E-state index contributed by atoms with van der Waals surface area (Å²) in [5, 5.41) is 3.40. The van der Waals surface area contributed by atoms with Gasteiger partial charge in [-0.25, -0.2) is 0 Å². The molecule has 168 valence electrons. The quantitative estimate of drug-likeness (QED) is 0.489. The van der Waals surface area contributed by atoms with Crippen molar-refractivity contribution in [1.29, 1.82) is 0 Å². The molecule has 2 aromatic carbocycles. The molecule has 0 saturated heterocycles. The molecule has 3 aromatic rings. The van der Waals surface area contributed by atoms with Crippen LogP contribution >= 0.6 is 23.2 Å². The van der Waals surface area contributed by atoms with E-state index in [0.717, 1.165) is 5.75 Å². The number of hydrogen-bond acceptors (Lipinski definition) is 5. The van der Waals surface area contributed by atoms with Crippen LogP contribution in [0, 0.1) is 6.92 Å². The lowest BCUT2D eigenvalue weighted by Gasteiger charge is -2.15. The molecule has 0 fully saturated rings. The Balaban J connectivity index is 1.59. The smallest absolute Gasteiger partial charge is 0.262 e. The number of nitrogens with zero attached hydrogens (tertiary/aromatic N) is 1. The van der Waals surface area contributed by atoms with Gasteiger partial charge in [0.05, 0.1) is 30.1 Å². The minimum atomic E-state index is -0.466. The van der Waals surface area contributed by atoms with Gasteiger partial charge in [0, 0.05) is 17.3 Å². The average molecular weight is 477 g/mol. The summed E-state index contributed by atoms with van der Waals surface area (Å²) in [7, 11) is 1.60.